The van der Waals surface area contributed by atoms with Crippen LogP contribution in [0.1, 0.15) is 22.3 Å². The number of ether oxygens (including phenoxy) is 1. The Labute approximate surface area is 144 Å². The Hall–Kier alpha value is -3.32. The average Bonchev–Trinajstić information content (AvgIpc) is 3.09. The third-order valence-corrected chi connectivity index (χ3v) is 3.52. The highest BCUT2D eigenvalue weighted by Gasteiger charge is 2.11. The summed E-state index contributed by atoms with van der Waals surface area (Å²) in [6.07, 6.45) is 0. The summed E-state index contributed by atoms with van der Waals surface area (Å²) in [5.74, 6) is -0.104. The number of fused-ring (bicyclic) bond motifs is 1. The number of rotatable bonds is 6. The van der Waals surface area contributed by atoms with Crippen molar-refractivity contribution in [1.29, 1.82) is 0 Å². The number of para-hydroxylation sites is 1. The molecule has 3 aromatic rings. The van der Waals surface area contributed by atoms with E-state index in [0.717, 1.165) is 5.39 Å². The summed E-state index contributed by atoms with van der Waals surface area (Å²) >= 11 is 0. The zero-order chi connectivity index (χ0) is 17.6. The van der Waals surface area contributed by atoms with Gasteiger partial charge in [0.05, 0.1) is 6.54 Å². The van der Waals surface area contributed by atoms with Crippen LogP contribution in [0.2, 0.25) is 0 Å². The van der Waals surface area contributed by atoms with Crippen molar-refractivity contribution in [3.05, 3.63) is 65.9 Å². The largest absolute Gasteiger partial charge is 0.492 e. The van der Waals surface area contributed by atoms with E-state index >= 15 is 0 Å². The number of carbonyl (C=O) groups is 2. The van der Waals surface area contributed by atoms with E-state index in [1.165, 1.54) is 12.1 Å². The monoisotopic (exact) mass is 342 g/mol. The summed E-state index contributed by atoms with van der Waals surface area (Å²) in [5, 5.41) is 12.1. The molecule has 7 heteroatoms. The molecule has 7 nitrogen and oxygen atoms in total. The maximum absolute atomic E-state index is 12.0. The Kier molecular flexibility index (Phi) is 4.96. The molecule has 0 radical (unpaired) electrons. The van der Waals surface area contributed by atoms with Crippen molar-refractivity contribution in [3.63, 3.8) is 0 Å². The van der Waals surface area contributed by atoms with Crippen LogP contribution in [0.25, 0.3) is 11.0 Å². The van der Waals surface area contributed by atoms with Gasteiger partial charge in [-0.1, -0.05) is 18.2 Å². The fourth-order valence-electron chi connectivity index (χ4n) is 2.28. The number of carbonyl (C=O) groups excluding carboxylic acids is 2. The van der Waals surface area contributed by atoms with Gasteiger partial charge in [0.15, 0.2) is 5.76 Å². The number of amides is 2. The first-order valence-electron chi connectivity index (χ1n) is 7.61. The molecule has 0 bridgehead atoms. The van der Waals surface area contributed by atoms with Crippen LogP contribution in [0.15, 0.2) is 59.0 Å². The lowest BCUT2D eigenvalue weighted by Gasteiger charge is -2.07. The van der Waals surface area contributed by atoms with Gasteiger partial charge in [0.2, 0.25) is 0 Å². The van der Waals surface area contributed by atoms with Gasteiger partial charge in [-0.2, -0.15) is 0 Å². The van der Waals surface area contributed by atoms with E-state index in [9.17, 15) is 9.59 Å². The van der Waals surface area contributed by atoms with E-state index < -0.39 is 5.91 Å². The summed E-state index contributed by atoms with van der Waals surface area (Å²) in [6.45, 7) is 0.562. The Morgan fingerprint density at radius 3 is 2.56 bits per heavy atom. The minimum atomic E-state index is -0.593. The molecule has 0 aliphatic heterocycles. The van der Waals surface area contributed by atoms with Crippen molar-refractivity contribution < 1.29 is 25.4 Å². The van der Waals surface area contributed by atoms with Crippen LogP contribution < -0.4 is 15.5 Å². The lowest BCUT2D eigenvalue weighted by molar-refractivity contribution is 0.0706. The van der Waals surface area contributed by atoms with Crippen LogP contribution in [0.3, 0.4) is 0 Å². The second kappa shape index (κ2) is 7.50. The summed E-state index contributed by atoms with van der Waals surface area (Å²) in [7, 11) is 0. The van der Waals surface area contributed by atoms with Gasteiger partial charge in [0.1, 0.15) is 17.9 Å². The van der Waals surface area contributed by atoms with E-state index in [-0.39, 0.29) is 19.7 Å². The predicted molar refractivity (Wildman–Crippen MR) is 91.9 cm³/mol. The zero-order valence-corrected chi connectivity index (χ0v) is 13.2. The summed E-state index contributed by atoms with van der Waals surface area (Å²) in [5.41, 5.74) is 2.53. The number of nitrogens with one attached hydrogen (secondary N) is 2. The maximum Gasteiger partial charge on any atom is 0.287 e. The van der Waals surface area contributed by atoms with Crippen molar-refractivity contribution in [1.82, 2.24) is 10.8 Å². The van der Waals surface area contributed by atoms with E-state index in [1.807, 2.05) is 18.2 Å². The molecular weight excluding hydrogens is 324 g/mol. The number of hydroxylamine groups is 1. The molecule has 3 rings (SSSR count). The molecule has 0 saturated heterocycles. The third-order valence-electron chi connectivity index (χ3n) is 3.52. The van der Waals surface area contributed by atoms with Crippen LogP contribution >= 0.6 is 0 Å². The third kappa shape index (κ3) is 3.96. The van der Waals surface area contributed by atoms with Gasteiger partial charge in [0.25, 0.3) is 11.8 Å². The maximum atomic E-state index is 12.0. The summed E-state index contributed by atoms with van der Waals surface area (Å²) in [4.78, 5) is 23.3. The van der Waals surface area contributed by atoms with Crippen molar-refractivity contribution in [2.45, 2.75) is 0 Å². The van der Waals surface area contributed by atoms with Gasteiger partial charge in [-0.05, 0) is 36.4 Å². The average molecular weight is 342 g/mol. The molecule has 0 unspecified atom stereocenters. The lowest BCUT2D eigenvalue weighted by Crippen LogP contribution is -2.27. The van der Waals surface area contributed by atoms with Gasteiger partial charge in [-0.25, -0.2) is 5.48 Å². The Bertz CT molecular complexity index is 859. The minimum Gasteiger partial charge on any atom is -0.492 e. The molecule has 0 aliphatic carbocycles. The van der Waals surface area contributed by atoms with Gasteiger partial charge in [-0.3, -0.25) is 14.8 Å². The minimum absolute atomic E-state index is 0. The fourth-order valence-corrected chi connectivity index (χ4v) is 2.28. The quantitative estimate of drug-likeness (QED) is 0.363. The number of hydrogen-bond acceptors (Lipinski definition) is 5. The molecule has 130 valence electrons. The van der Waals surface area contributed by atoms with E-state index in [1.54, 1.807) is 29.7 Å². The molecule has 2 amide bonds. The van der Waals surface area contributed by atoms with E-state index in [2.05, 4.69) is 5.32 Å². The smallest absolute Gasteiger partial charge is 0.287 e. The normalized spacial score (nSPS) is 10.4. The van der Waals surface area contributed by atoms with Crippen LogP contribution in [-0.4, -0.2) is 30.2 Å². The van der Waals surface area contributed by atoms with Crippen molar-refractivity contribution in [3.8, 4) is 5.75 Å². The Balaban J connectivity index is 0.00000243. The van der Waals surface area contributed by atoms with Crippen LogP contribution in [-0.2, 0) is 0 Å². The predicted octanol–water partition coefficient (Wildman–Crippen LogP) is 2.61. The fraction of sp³-hybridized carbons (Fsp3) is 0.111. The molecule has 2 aromatic carbocycles. The lowest BCUT2D eigenvalue weighted by atomic mass is 10.2. The number of hydrogen-bond donors (Lipinski definition) is 3. The zero-order valence-electron chi connectivity index (χ0n) is 13.2. The van der Waals surface area contributed by atoms with Gasteiger partial charge < -0.3 is 14.5 Å². The van der Waals surface area contributed by atoms with Gasteiger partial charge in [0, 0.05) is 12.4 Å². The molecule has 25 heavy (non-hydrogen) atoms. The molecule has 0 spiro atoms. The van der Waals surface area contributed by atoms with Crippen molar-refractivity contribution in [2.24, 2.45) is 0 Å². The van der Waals surface area contributed by atoms with E-state index in [0.29, 0.717) is 23.4 Å². The Morgan fingerprint density at radius 1 is 1.08 bits per heavy atom. The molecule has 0 saturated carbocycles. The van der Waals surface area contributed by atoms with Crippen molar-refractivity contribution in [2.75, 3.05) is 13.2 Å². The van der Waals surface area contributed by atoms with Gasteiger partial charge in [-0.15, -0.1) is 0 Å². The van der Waals surface area contributed by atoms with Crippen LogP contribution in [0.5, 0.6) is 5.75 Å². The first kappa shape index (κ1) is 16.5. The second-order valence-corrected chi connectivity index (χ2v) is 5.22. The molecule has 3 N–H and O–H groups in total. The molecule has 0 atom stereocenters. The highest BCUT2D eigenvalue weighted by molar-refractivity contribution is 5.96. The summed E-state index contributed by atoms with van der Waals surface area (Å²) in [6, 6.07) is 15.3. The van der Waals surface area contributed by atoms with Crippen molar-refractivity contribution >= 4 is 22.8 Å². The van der Waals surface area contributed by atoms with E-state index in [4.69, 9.17) is 14.4 Å². The SMILES string of the molecule is O=C(NO)c1ccc(OCCNC(=O)c2cc3ccccc3o2)cc1.[HH]. The highest BCUT2D eigenvalue weighted by Crippen LogP contribution is 2.18. The Morgan fingerprint density at radius 2 is 1.84 bits per heavy atom. The molecule has 1 aromatic heterocycles. The summed E-state index contributed by atoms with van der Waals surface area (Å²) < 4.78 is 11.0. The highest BCUT2D eigenvalue weighted by atomic mass is 16.5. The first-order valence-corrected chi connectivity index (χ1v) is 7.61. The molecule has 1 heterocycles. The number of benzene rings is 2. The molecule has 0 fully saturated rings. The number of furan rings is 1. The standard InChI is InChI=1S/C18H16N2O5.H2/c21-17(20-23)12-5-7-14(8-6-12)24-10-9-19-18(22)16-11-13-3-1-2-4-15(13)25-16;/h1-8,11,23H,9-10H2,(H,19,22)(H,20,21);1H. The molecular formula is C18H18N2O5. The molecule has 0 aliphatic rings. The second-order valence-electron chi connectivity index (χ2n) is 5.22. The van der Waals surface area contributed by atoms with Gasteiger partial charge >= 0.3 is 0 Å². The van der Waals surface area contributed by atoms with Crippen LogP contribution in [0, 0.1) is 0 Å². The topological polar surface area (TPSA) is 101 Å². The first-order chi connectivity index (χ1) is 12.2. The van der Waals surface area contributed by atoms with Crippen LogP contribution in [0.4, 0.5) is 0 Å².